The standard InChI is InChI=1S/C40H34F3N3O2/c41-40(42,43)35-15-7-6-13-32(35)21-22-38(47)46(27-30-17-19-33(20-18-30)36-16-8-9-24-44-36)37(26-29-10-2-1-3-11-29)39(48)45-25-23-31-12-4-5-14-34(31)28-45/h1-22,24,37H,23,25-28H2/b22-21+/t37-/m0/s1. The zero-order valence-corrected chi connectivity index (χ0v) is 26.2. The molecule has 5 nitrogen and oxygen atoms in total. The molecule has 0 N–H and O–H groups in total. The van der Waals surface area contributed by atoms with Crippen LogP contribution in [0.2, 0.25) is 0 Å². The molecule has 1 aliphatic heterocycles. The quantitative estimate of drug-likeness (QED) is 0.153. The number of carbonyl (C=O) groups excluding carboxylic acids is 2. The second-order valence-corrected chi connectivity index (χ2v) is 11.8. The predicted molar refractivity (Wildman–Crippen MR) is 180 cm³/mol. The Morgan fingerprint density at radius 1 is 0.792 bits per heavy atom. The van der Waals surface area contributed by atoms with Crippen LogP contribution >= 0.6 is 0 Å². The Labute approximate surface area is 278 Å². The fourth-order valence-corrected chi connectivity index (χ4v) is 6.07. The summed E-state index contributed by atoms with van der Waals surface area (Å²) in [5.74, 6) is -0.775. The average Bonchev–Trinajstić information content (AvgIpc) is 3.12. The molecular weight excluding hydrogens is 611 g/mol. The number of alkyl halides is 3. The molecule has 0 spiro atoms. The van der Waals surface area contributed by atoms with Gasteiger partial charge in [0.1, 0.15) is 6.04 Å². The van der Waals surface area contributed by atoms with Crippen molar-refractivity contribution >= 4 is 17.9 Å². The molecule has 0 saturated heterocycles. The lowest BCUT2D eigenvalue weighted by molar-refractivity contribution is -0.144. The van der Waals surface area contributed by atoms with Crippen LogP contribution in [0.1, 0.15) is 33.4 Å². The van der Waals surface area contributed by atoms with Crippen molar-refractivity contribution in [1.29, 1.82) is 0 Å². The summed E-state index contributed by atoms with van der Waals surface area (Å²) < 4.78 is 41.3. The summed E-state index contributed by atoms with van der Waals surface area (Å²) in [5.41, 5.74) is 4.60. The van der Waals surface area contributed by atoms with Gasteiger partial charge in [-0.25, -0.2) is 0 Å². The molecule has 6 rings (SSSR count). The van der Waals surface area contributed by atoms with E-state index in [1.165, 1.54) is 34.7 Å². The molecule has 5 aromatic rings. The summed E-state index contributed by atoms with van der Waals surface area (Å²) in [6.45, 7) is 0.979. The number of pyridine rings is 1. The van der Waals surface area contributed by atoms with Gasteiger partial charge in [0, 0.05) is 43.9 Å². The highest BCUT2D eigenvalue weighted by atomic mass is 19.4. The Morgan fingerprint density at radius 3 is 2.21 bits per heavy atom. The van der Waals surface area contributed by atoms with Crippen LogP contribution in [0.15, 0.2) is 134 Å². The summed E-state index contributed by atoms with van der Waals surface area (Å²) in [6.07, 6.45) is 0.383. The summed E-state index contributed by atoms with van der Waals surface area (Å²) in [6, 6.07) is 34.9. The topological polar surface area (TPSA) is 53.5 Å². The van der Waals surface area contributed by atoms with Crippen molar-refractivity contribution in [3.63, 3.8) is 0 Å². The molecule has 0 radical (unpaired) electrons. The number of halogens is 3. The largest absolute Gasteiger partial charge is 0.416 e. The first-order valence-corrected chi connectivity index (χ1v) is 15.8. The number of fused-ring (bicyclic) bond motifs is 1. The molecule has 242 valence electrons. The van der Waals surface area contributed by atoms with E-state index in [2.05, 4.69) is 11.1 Å². The maximum absolute atomic E-state index is 14.5. The van der Waals surface area contributed by atoms with Gasteiger partial charge in [-0.1, -0.05) is 103 Å². The van der Waals surface area contributed by atoms with Crippen molar-refractivity contribution in [2.75, 3.05) is 6.54 Å². The molecule has 2 heterocycles. The molecule has 1 aromatic heterocycles. The zero-order valence-electron chi connectivity index (χ0n) is 26.2. The predicted octanol–water partition coefficient (Wildman–Crippen LogP) is 8.01. The molecule has 0 saturated carbocycles. The van der Waals surface area contributed by atoms with Crippen molar-refractivity contribution in [2.24, 2.45) is 0 Å². The van der Waals surface area contributed by atoms with Crippen LogP contribution in [0.25, 0.3) is 17.3 Å². The normalized spacial score (nSPS) is 13.6. The zero-order chi connectivity index (χ0) is 33.5. The average molecular weight is 646 g/mol. The van der Waals surface area contributed by atoms with Gasteiger partial charge in [0.2, 0.25) is 11.8 Å². The minimum Gasteiger partial charge on any atom is -0.336 e. The third kappa shape index (κ3) is 7.72. The van der Waals surface area contributed by atoms with E-state index >= 15 is 0 Å². The lowest BCUT2D eigenvalue weighted by Gasteiger charge is -2.37. The molecule has 0 unspecified atom stereocenters. The van der Waals surface area contributed by atoms with Crippen LogP contribution in [0.4, 0.5) is 13.2 Å². The number of carbonyl (C=O) groups is 2. The van der Waals surface area contributed by atoms with Crippen molar-refractivity contribution in [3.05, 3.63) is 167 Å². The first-order valence-electron chi connectivity index (χ1n) is 15.8. The number of rotatable bonds is 9. The van der Waals surface area contributed by atoms with Gasteiger partial charge >= 0.3 is 6.18 Å². The Kier molecular flexibility index (Phi) is 9.80. The van der Waals surface area contributed by atoms with E-state index in [9.17, 15) is 22.8 Å². The van der Waals surface area contributed by atoms with E-state index in [-0.39, 0.29) is 24.4 Å². The molecule has 4 aromatic carbocycles. The smallest absolute Gasteiger partial charge is 0.336 e. The molecular formula is C40H34F3N3O2. The molecule has 0 fully saturated rings. The molecule has 48 heavy (non-hydrogen) atoms. The molecule has 1 atom stereocenters. The number of nitrogens with zero attached hydrogens (tertiary/aromatic N) is 3. The van der Waals surface area contributed by atoms with Crippen LogP contribution in [0.5, 0.6) is 0 Å². The van der Waals surface area contributed by atoms with Crippen molar-refractivity contribution in [1.82, 2.24) is 14.8 Å². The highest BCUT2D eigenvalue weighted by Gasteiger charge is 2.35. The van der Waals surface area contributed by atoms with Gasteiger partial charge in [-0.2, -0.15) is 13.2 Å². The van der Waals surface area contributed by atoms with Gasteiger partial charge in [-0.15, -0.1) is 0 Å². The lowest BCUT2D eigenvalue weighted by Crippen LogP contribution is -2.52. The third-order valence-electron chi connectivity index (χ3n) is 8.60. The SMILES string of the molecule is O=C([C@H](Cc1ccccc1)N(Cc1ccc(-c2ccccn2)cc1)C(=O)/C=C/c1ccccc1C(F)(F)F)N1CCc2ccccc2C1. The third-order valence-corrected chi connectivity index (χ3v) is 8.60. The highest BCUT2D eigenvalue weighted by molar-refractivity contribution is 5.96. The van der Waals surface area contributed by atoms with Crippen LogP contribution in [0.3, 0.4) is 0 Å². The molecule has 2 amide bonds. The molecule has 1 aliphatic rings. The number of benzene rings is 4. The monoisotopic (exact) mass is 645 g/mol. The van der Waals surface area contributed by atoms with Gasteiger partial charge in [0.15, 0.2) is 0 Å². The van der Waals surface area contributed by atoms with Gasteiger partial charge in [-0.3, -0.25) is 14.6 Å². The number of hydrogen-bond donors (Lipinski definition) is 0. The fourth-order valence-electron chi connectivity index (χ4n) is 6.07. The highest BCUT2D eigenvalue weighted by Crippen LogP contribution is 2.32. The van der Waals surface area contributed by atoms with E-state index in [1.54, 1.807) is 11.1 Å². The minimum absolute atomic E-state index is 0.0697. The number of amides is 2. The van der Waals surface area contributed by atoms with Crippen LogP contribution in [0, 0.1) is 0 Å². The van der Waals surface area contributed by atoms with Crippen LogP contribution in [-0.2, 0) is 41.7 Å². The Balaban J connectivity index is 1.37. The molecule has 0 bridgehead atoms. The Hall–Kier alpha value is -5.50. The second kappa shape index (κ2) is 14.5. The first kappa shape index (κ1) is 32.4. The first-order chi connectivity index (χ1) is 23.3. The van der Waals surface area contributed by atoms with Crippen LogP contribution in [-0.4, -0.2) is 39.2 Å². The Morgan fingerprint density at radius 2 is 1.48 bits per heavy atom. The van der Waals surface area contributed by atoms with E-state index in [4.69, 9.17) is 0 Å². The van der Waals surface area contributed by atoms with E-state index in [1.807, 2.05) is 91.0 Å². The minimum atomic E-state index is -4.59. The molecule has 0 aliphatic carbocycles. The molecule has 8 heteroatoms. The van der Waals surface area contributed by atoms with Crippen molar-refractivity contribution in [3.8, 4) is 11.3 Å². The van der Waals surface area contributed by atoms with Gasteiger partial charge < -0.3 is 9.80 Å². The van der Waals surface area contributed by atoms with E-state index < -0.39 is 23.7 Å². The Bertz CT molecular complexity index is 1890. The maximum Gasteiger partial charge on any atom is 0.416 e. The van der Waals surface area contributed by atoms with E-state index in [0.29, 0.717) is 19.5 Å². The van der Waals surface area contributed by atoms with Gasteiger partial charge in [-0.05, 0) is 58.5 Å². The second-order valence-electron chi connectivity index (χ2n) is 11.8. The van der Waals surface area contributed by atoms with Crippen molar-refractivity contribution in [2.45, 2.75) is 38.1 Å². The van der Waals surface area contributed by atoms with Gasteiger partial charge in [0.25, 0.3) is 0 Å². The lowest BCUT2D eigenvalue weighted by atomic mass is 9.97. The summed E-state index contributed by atoms with van der Waals surface area (Å²) in [4.78, 5) is 36.3. The van der Waals surface area contributed by atoms with E-state index in [0.717, 1.165) is 40.1 Å². The number of hydrogen-bond acceptors (Lipinski definition) is 3. The van der Waals surface area contributed by atoms with Crippen molar-refractivity contribution < 1.29 is 22.8 Å². The van der Waals surface area contributed by atoms with Gasteiger partial charge in [0.05, 0.1) is 11.3 Å². The summed E-state index contributed by atoms with van der Waals surface area (Å²) >= 11 is 0. The summed E-state index contributed by atoms with van der Waals surface area (Å²) in [5, 5.41) is 0. The fraction of sp³-hybridized carbons (Fsp3) is 0.175. The maximum atomic E-state index is 14.5. The van der Waals surface area contributed by atoms with Crippen LogP contribution < -0.4 is 0 Å². The summed E-state index contributed by atoms with van der Waals surface area (Å²) in [7, 11) is 0. The number of aromatic nitrogens is 1.